The second-order valence-corrected chi connectivity index (χ2v) is 3.52. The van der Waals surface area contributed by atoms with Crippen LogP contribution in [0.5, 0.6) is 0 Å². The molecule has 0 fully saturated rings. The quantitative estimate of drug-likeness (QED) is 0.394. The number of hydrogen-bond acceptors (Lipinski definition) is 7. The van der Waals surface area contributed by atoms with Gasteiger partial charge in [-0.05, 0) is 13.0 Å². The molecule has 1 heterocycles. The van der Waals surface area contributed by atoms with E-state index in [4.69, 9.17) is 11.5 Å². The smallest absolute Gasteiger partial charge is 0.311 e. The normalized spacial score (nSPS) is 14.3. The van der Waals surface area contributed by atoms with Crippen molar-refractivity contribution in [1.82, 2.24) is 4.98 Å². The first-order valence-electron chi connectivity index (χ1n) is 4.93. The predicted octanol–water partition coefficient (Wildman–Crippen LogP) is -0.685. The van der Waals surface area contributed by atoms with Gasteiger partial charge in [0.15, 0.2) is 0 Å². The molecule has 94 valence electrons. The zero-order chi connectivity index (χ0) is 13.0. The fourth-order valence-corrected chi connectivity index (χ4v) is 1.34. The zero-order valence-corrected chi connectivity index (χ0v) is 8.98. The Morgan fingerprint density at radius 2 is 2.18 bits per heavy atom. The van der Waals surface area contributed by atoms with Gasteiger partial charge in [0, 0.05) is 17.8 Å². The minimum atomic E-state index is -1.27. The van der Waals surface area contributed by atoms with Gasteiger partial charge in [0.25, 0.3) is 0 Å². The van der Waals surface area contributed by atoms with Gasteiger partial charge in [-0.3, -0.25) is 10.1 Å². The second-order valence-electron chi connectivity index (χ2n) is 3.52. The van der Waals surface area contributed by atoms with Crippen LogP contribution < -0.4 is 11.5 Å². The molecule has 1 aromatic rings. The summed E-state index contributed by atoms with van der Waals surface area (Å²) in [5.74, 6) is -0.237. The molecule has 0 amide bonds. The first kappa shape index (κ1) is 13.3. The molecule has 2 unspecified atom stereocenters. The van der Waals surface area contributed by atoms with Gasteiger partial charge in [-0.25, -0.2) is 4.98 Å². The number of aliphatic hydroxyl groups is 2. The van der Waals surface area contributed by atoms with E-state index in [0.29, 0.717) is 0 Å². The lowest BCUT2D eigenvalue weighted by Crippen LogP contribution is -2.22. The van der Waals surface area contributed by atoms with Crippen molar-refractivity contribution in [2.75, 3.05) is 12.3 Å². The summed E-state index contributed by atoms with van der Waals surface area (Å²) in [5, 5.41) is 29.8. The van der Waals surface area contributed by atoms with E-state index < -0.39 is 22.8 Å². The van der Waals surface area contributed by atoms with Crippen molar-refractivity contribution < 1.29 is 15.1 Å². The summed E-state index contributed by atoms with van der Waals surface area (Å²) in [6, 6.07) is 1.09. The molecule has 6 N–H and O–H groups in total. The van der Waals surface area contributed by atoms with E-state index in [1.54, 1.807) is 0 Å². The van der Waals surface area contributed by atoms with Crippen molar-refractivity contribution >= 4 is 11.5 Å². The summed E-state index contributed by atoms with van der Waals surface area (Å²) in [6.07, 6.45) is -0.998. The van der Waals surface area contributed by atoms with Crippen LogP contribution in [0.25, 0.3) is 0 Å². The van der Waals surface area contributed by atoms with E-state index in [1.165, 1.54) is 6.20 Å². The van der Waals surface area contributed by atoms with Crippen LogP contribution in [0.3, 0.4) is 0 Å². The van der Waals surface area contributed by atoms with Crippen molar-refractivity contribution in [2.45, 2.75) is 18.6 Å². The molecular formula is C9H14N4O4. The lowest BCUT2D eigenvalue weighted by molar-refractivity contribution is -0.384. The third-order valence-electron chi connectivity index (χ3n) is 2.28. The average molecular weight is 242 g/mol. The molecule has 2 atom stereocenters. The SMILES string of the molecule is NCCC(O)C(O)c1cnc(N)c([N+](=O)[O-])c1. The maximum atomic E-state index is 10.6. The molecule has 0 aromatic carbocycles. The maximum absolute atomic E-state index is 10.6. The third-order valence-corrected chi connectivity index (χ3v) is 2.28. The molecule has 8 heteroatoms. The minimum absolute atomic E-state index is 0.131. The number of nitrogen functional groups attached to an aromatic ring is 1. The maximum Gasteiger partial charge on any atom is 0.311 e. The van der Waals surface area contributed by atoms with E-state index in [9.17, 15) is 20.3 Å². The third kappa shape index (κ3) is 3.09. The van der Waals surface area contributed by atoms with Crippen LogP contribution in [0.4, 0.5) is 11.5 Å². The summed E-state index contributed by atoms with van der Waals surface area (Å²) < 4.78 is 0. The number of anilines is 1. The van der Waals surface area contributed by atoms with Crippen LogP contribution >= 0.6 is 0 Å². The Morgan fingerprint density at radius 1 is 1.53 bits per heavy atom. The van der Waals surface area contributed by atoms with Crippen LogP contribution in [-0.4, -0.2) is 32.8 Å². The summed E-state index contributed by atoms with van der Waals surface area (Å²) in [6.45, 7) is 0.197. The molecule has 0 radical (unpaired) electrons. The first-order chi connectivity index (χ1) is 7.97. The molecule has 1 aromatic heterocycles. The molecule has 1 rings (SSSR count). The van der Waals surface area contributed by atoms with E-state index in [0.717, 1.165) is 6.07 Å². The molecule has 0 saturated carbocycles. The number of pyridine rings is 1. The predicted molar refractivity (Wildman–Crippen MR) is 59.9 cm³/mol. The van der Waals surface area contributed by atoms with E-state index in [-0.39, 0.29) is 24.3 Å². The Morgan fingerprint density at radius 3 is 2.71 bits per heavy atom. The molecular weight excluding hydrogens is 228 g/mol. The fraction of sp³-hybridized carbons (Fsp3) is 0.444. The molecule has 17 heavy (non-hydrogen) atoms. The Labute approximate surface area is 97.0 Å². The molecule has 0 saturated heterocycles. The van der Waals surface area contributed by atoms with Gasteiger partial charge in [-0.2, -0.15) is 0 Å². The van der Waals surface area contributed by atoms with Gasteiger partial charge in [-0.1, -0.05) is 0 Å². The number of aromatic nitrogens is 1. The zero-order valence-electron chi connectivity index (χ0n) is 8.98. The van der Waals surface area contributed by atoms with E-state index in [2.05, 4.69) is 4.98 Å². The topological polar surface area (TPSA) is 149 Å². The van der Waals surface area contributed by atoms with Gasteiger partial charge >= 0.3 is 5.69 Å². The summed E-state index contributed by atoms with van der Waals surface area (Å²) >= 11 is 0. The highest BCUT2D eigenvalue weighted by Crippen LogP contribution is 2.25. The van der Waals surface area contributed by atoms with Crippen molar-refractivity contribution in [1.29, 1.82) is 0 Å². The average Bonchev–Trinajstić information content (AvgIpc) is 2.28. The lowest BCUT2D eigenvalue weighted by Gasteiger charge is -2.16. The Kier molecular flexibility index (Phi) is 4.32. The number of nitro groups is 1. The standard InChI is InChI=1S/C9H14N4O4/c10-2-1-7(14)8(15)5-3-6(13(16)17)9(11)12-4-5/h3-4,7-8,14-15H,1-2,10H2,(H2,11,12). The second kappa shape index (κ2) is 5.53. The number of rotatable bonds is 5. The van der Waals surface area contributed by atoms with Crippen LogP contribution in [0.1, 0.15) is 18.1 Å². The van der Waals surface area contributed by atoms with E-state index >= 15 is 0 Å². The van der Waals surface area contributed by atoms with Crippen molar-refractivity contribution in [3.63, 3.8) is 0 Å². The summed E-state index contributed by atoms with van der Waals surface area (Å²) in [5.41, 5.74) is 10.3. The Bertz CT molecular complexity index is 412. The lowest BCUT2D eigenvalue weighted by atomic mass is 10.0. The van der Waals surface area contributed by atoms with Crippen molar-refractivity contribution in [3.8, 4) is 0 Å². The fourth-order valence-electron chi connectivity index (χ4n) is 1.34. The number of aliphatic hydroxyl groups excluding tert-OH is 2. The van der Waals surface area contributed by atoms with Gasteiger partial charge in [-0.15, -0.1) is 0 Å². The van der Waals surface area contributed by atoms with Gasteiger partial charge in [0.1, 0.15) is 6.10 Å². The van der Waals surface area contributed by atoms with Gasteiger partial charge in [0.2, 0.25) is 5.82 Å². The number of hydrogen-bond donors (Lipinski definition) is 4. The van der Waals surface area contributed by atoms with Crippen LogP contribution in [0.15, 0.2) is 12.3 Å². The molecule has 0 bridgehead atoms. The molecule has 0 spiro atoms. The molecule has 8 nitrogen and oxygen atoms in total. The highest BCUT2D eigenvalue weighted by atomic mass is 16.6. The molecule has 0 aliphatic rings. The van der Waals surface area contributed by atoms with Crippen LogP contribution in [0.2, 0.25) is 0 Å². The number of nitrogens with zero attached hydrogens (tertiary/aromatic N) is 2. The van der Waals surface area contributed by atoms with Crippen molar-refractivity contribution in [2.24, 2.45) is 5.73 Å². The summed E-state index contributed by atoms with van der Waals surface area (Å²) in [7, 11) is 0. The largest absolute Gasteiger partial charge is 0.390 e. The van der Waals surface area contributed by atoms with Crippen LogP contribution in [0, 0.1) is 10.1 Å². The van der Waals surface area contributed by atoms with Crippen molar-refractivity contribution in [3.05, 3.63) is 27.9 Å². The number of nitrogens with two attached hydrogens (primary N) is 2. The highest BCUT2D eigenvalue weighted by Gasteiger charge is 2.22. The molecule has 0 aliphatic heterocycles. The van der Waals surface area contributed by atoms with Crippen LogP contribution in [-0.2, 0) is 0 Å². The minimum Gasteiger partial charge on any atom is -0.390 e. The Balaban J connectivity index is 2.99. The Hall–Kier alpha value is -1.77. The van der Waals surface area contributed by atoms with Gasteiger partial charge < -0.3 is 21.7 Å². The molecule has 0 aliphatic carbocycles. The first-order valence-corrected chi connectivity index (χ1v) is 4.93. The van der Waals surface area contributed by atoms with E-state index in [1.807, 2.05) is 0 Å². The van der Waals surface area contributed by atoms with Gasteiger partial charge in [0.05, 0.1) is 11.0 Å². The highest BCUT2D eigenvalue weighted by molar-refractivity contribution is 5.53. The monoisotopic (exact) mass is 242 g/mol. The summed E-state index contributed by atoms with van der Waals surface area (Å²) in [4.78, 5) is 13.5.